The number of hydrogen-bond acceptors (Lipinski definition) is 4. The molecule has 1 aliphatic carbocycles. The molecule has 1 saturated carbocycles. The highest BCUT2D eigenvalue weighted by atomic mass is 35.5. The van der Waals surface area contributed by atoms with E-state index in [4.69, 9.17) is 11.6 Å². The third kappa shape index (κ3) is 8.55. The van der Waals surface area contributed by atoms with E-state index in [1.165, 1.54) is 18.3 Å². The molecule has 0 aliphatic heterocycles. The van der Waals surface area contributed by atoms with Gasteiger partial charge in [0.2, 0.25) is 17.7 Å². The molecule has 11 heteroatoms. The Hall–Kier alpha value is -3.92. The van der Waals surface area contributed by atoms with Crippen LogP contribution in [0.1, 0.15) is 68.5 Å². The van der Waals surface area contributed by atoms with Crippen LogP contribution in [0.4, 0.5) is 24.7 Å². The fourth-order valence-electron chi connectivity index (χ4n) is 5.02. The summed E-state index contributed by atoms with van der Waals surface area (Å²) in [5.74, 6) is -1.10. The van der Waals surface area contributed by atoms with Crippen LogP contribution < -0.4 is 15.5 Å². The Morgan fingerprint density at radius 1 is 0.952 bits per heavy atom. The van der Waals surface area contributed by atoms with Crippen molar-refractivity contribution in [3.63, 3.8) is 0 Å². The smallest absolute Gasteiger partial charge is 0.351 e. The molecule has 222 valence electrons. The first-order chi connectivity index (χ1) is 20.1. The molecule has 3 amide bonds. The number of pyridine rings is 1. The van der Waals surface area contributed by atoms with Crippen LogP contribution in [0.15, 0.2) is 72.9 Å². The molecule has 0 spiro atoms. The van der Waals surface area contributed by atoms with Crippen molar-refractivity contribution in [1.82, 2.24) is 10.3 Å². The van der Waals surface area contributed by atoms with Gasteiger partial charge in [-0.15, -0.1) is 0 Å². The van der Waals surface area contributed by atoms with Crippen LogP contribution in [-0.2, 0) is 20.6 Å². The Kier molecular flexibility index (Phi) is 10.6. The fraction of sp³-hybridized carbons (Fsp3) is 0.355. The molecular weight excluding hydrogens is 569 g/mol. The van der Waals surface area contributed by atoms with E-state index in [0.29, 0.717) is 16.4 Å². The summed E-state index contributed by atoms with van der Waals surface area (Å²) in [4.78, 5) is 45.2. The Labute approximate surface area is 247 Å². The Morgan fingerprint density at radius 2 is 1.69 bits per heavy atom. The predicted octanol–water partition coefficient (Wildman–Crippen LogP) is 7.09. The number of anilines is 2. The van der Waals surface area contributed by atoms with Crippen LogP contribution in [-0.4, -0.2) is 28.7 Å². The summed E-state index contributed by atoms with van der Waals surface area (Å²) >= 11 is 6.09. The van der Waals surface area contributed by atoms with Crippen LogP contribution in [0.3, 0.4) is 0 Å². The second kappa shape index (κ2) is 14.3. The van der Waals surface area contributed by atoms with Gasteiger partial charge in [0.25, 0.3) is 0 Å². The number of carbonyl (C=O) groups excluding carboxylic acids is 3. The number of carbonyl (C=O) groups is 3. The highest BCUT2D eigenvalue weighted by Gasteiger charge is 2.36. The summed E-state index contributed by atoms with van der Waals surface area (Å²) in [7, 11) is 0. The van der Waals surface area contributed by atoms with E-state index in [1.807, 2.05) is 0 Å². The molecule has 1 atom stereocenters. The SMILES string of the molecule is O=C(CCCC(=O)N(c1cccc(C(F)(F)F)c1)C(C(=O)NC1CCCCC1)c1ccc(Cl)cc1)Nc1ccccn1. The highest BCUT2D eigenvalue weighted by Crippen LogP contribution is 2.35. The van der Waals surface area contributed by atoms with Crippen LogP contribution >= 0.6 is 11.6 Å². The molecule has 1 aliphatic rings. The van der Waals surface area contributed by atoms with Crippen LogP contribution in [0.5, 0.6) is 0 Å². The Balaban J connectivity index is 1.64. The fourth-order valence-corrected chi connectivity index (χ4v) is 5.15. The average Bonchev–Trinajstić information content (AvgIpc) is 2.97. The molecule has 1 fully saturated rings. The maximum Gasteiger partial charge on any atom is 0.416 e. The number of aromatic nitrogens is 1. The first-order valence-electron chi connectivity index (χ1n) is 13.9. The van der Waals surface area contributed by atoms with Gasteiger partial charge in [0, 0.05) is 35.8 Å². The second-order valence-corrected chi connectivity index (χ2v) is 10.7. The molecule has 2 aromatic carbocycles. The van der Waals surface area contributed by atoms with E-state index in [0.717, 1.165) is 49.1 Å². The number of rotatable bonds is 10. The van der Waals surface area contributed by atoms with Gasteiger partial charge in [0.15, 0.2) is 0 Å². The number of hydrogen-bond donors (Lipinski definition) is 2. The maximum atomic E-state index is 13.9. The summed E-state index contributed by atoms with van der Waals surface area (Å²) < 4.78 is 41.1. The number of nitrogens with one attached hydrogen (secondary N) is 2. The number of benzene rings is 2. The second-order valence-electron chi connectivity index (χ2n) is 10.2. The van der Waals surface area contributed by atoms with E-state index in [2.05, 4.69) is 15.6 Å². The van der Waals surface area contributed by atoms with Crippen molar-refractivity contribution in [1.29, 1.82) is 0 Å². The number of alkyl halides is 3. The quantitative estimate of drug-likeness (QED) is 0.260. The molecule has 7 nitrogen and oxygen atoms in total. The van der Waals surface area contributed by atoms with Crippen molar-refractivity contribution in [2.24, 2.45) is 0 Å². The summed E-state index contributed by atoms with van der Waals surface area (Å²) in [5, 5.41) is 6.07. The third-order valence-corrected chi connectivity index (χ3v) is 7.34. The van der Waals surface area contributed by atoms with Crippen LogP contribution in [0.2, 0.25) is 5.02 Å². The average molecular weight is 601 g/mol. The van der Waals surface area contributed by atoms with Crippen LogP contribution in [0, 0.1) is 0 Å². The van der Waals surface area contributed by atoms with E-state index in [1.54, 1.807) is 42.5 Å². The molecule has 2 N–H and O–H groups in total. The Morgan fingerprint density at radius 3 is 2.36 bits per heavy atom. The van der Waals surface area contributed by atoms with Crippen molar-refractivity contribution in [3.8, 4) is 0 Å². The number of halogens is 4. The van der Waals surface area contributed by atoms with E-state index in [-0.39, 0.29) is 36.9 Å². The van der Waals surface area contributed by atoms with Gasteiger partial charge in [-0.3, -0.25) is 19.3 Å². The predicted molar refractivity (Wildman–Crippen MR) is 155 cm³/mol. The van der Waals surface area contributed by atoms with E-state index < -0.39 is 29.6 Å². The third-order valence-electron chi connectivity index (χ3n) is 7.09. The summed E-state index contributed by atoms with van der Waals surface area (Å²) in [6.45, 7) is 0. The minimum absolute atomic E-state index is 0.0291. The zero-order valence-electron chi connectivity index (χ0n) is 22.9. The normalized spacial score (nSPS) is 14.6. The zero-order chi connectivity index (χ0) is 30.1. The summed E-state index contributed by atoms with van der Waals surface area (Å²) in [6.07, 6.45) is 1.28. The van der Waals surface area contributed by atoms with Gasteiger partial charge in [-0.1, -0.05) is 55.1 Å². The van der Waals surface area contributed by atoms with Gasteiger partial charge in [0.1, 0.15) is 11.9 Å². The summed E-state index contributed by atoms with van der Waals surface area (Å²) in [5.41, 5.74) is -0.632. The lowest BCUT2D eigenvalue weighted by molar-refractivity contribution is -0.137. The van der Waals surface area contributed by atoms with Crippen molar-refractivity contribution in [2.75, 3.05) is 10.2 Å². The van der Waals surface area contributed by atoms with Gasteiger partial charge in [0.05, 0.1) is 5.56 Å². The molecule has 0 radical (unpaired) electrons. The number of nitrogens with zero attached hydrogens (tertiary/aromatic N) is 2. The van der Waals surface area contributed by atoms with Gasteiger partial charge in [-0.2, -0.15) is 13.2 Å². The van der Waals surface area contributed by atoms with Crippen molar-refractivity contribution in [2.45, 2.75) is 69.6 Å². The summed E-state index contributed by atoms with van der Waals surface area (Å²) in [6, 6.07) is 14.3. The van der Waals surface area contributed by atoms with Crippen LogP contribution in [0.25, 0.3) is 0 Å². The molecule has 1 heterocycles. The first kappa shape index (κ1) is 31.0. The van der Waals surface area contributed by atoms with E-state index >= 15 is 0 Å². The molecule has 1 unspecified atom stereocenters. The van der Waals surface area contributed by atoms with E-state index in [9.17, 15) is 27.6 Å². The number of amides is 3. The molecule has 1 aromatic heterocycles. The lowest BCUT2D eigenvalue weighted by atomic mass is 9.94. The lowest BCUT2D eigenvalue weighted by Crippen LogP contribution is -2.47. The molecule has 4 rings (SSSR count). The van der Waals surface area contributed by atoms with Crippen molar-refractivity contribution < 1.29 is 27.6 Å². The molecule has 42 heavy (non-hydrogen) atoms. The molecule has 0 saturated heterocycles. The minimum atomic E-state index is -4.66. The van der Waals surface area contributed by atoms with Gasteiger partial charge in [-0.05, 0) is 67.3 Å². The Bertz CT molecular complexity index is 1360. The van der Waals surface area contributed by atoms with Gasteiger partial charge in [-0.25, -0.2) is 4.98 Å². The zero-order valence-corrected chi connectivity index (χ0v) is 23.6. The van der Waals surface area contributed by atoms with Gasteiger partial charge >= 0.3 is 6.18 Å². The van der Waals surface area contributed by atoms with Gasteiger partial charge < -0.3 is 10.6 Å². The van der Waals surface area contributed by atoms with Crippen molar-refractivity contribution >= 4 is 40.8 Å². The molecule has 0 bridgehead atoms. The molecular formula is C31H32ClF3N4O3. The largest absolute Gasteiger partial charge is 0.416 e. The lowest BCUT2D eigenvalue weighted by Gasteiger charge is -2.34. The van der Waals surface area contributed by atoms with Crippen molar-refractivity contribution in [3.05, 3.63) is 89.1 Å². The maximum absolute atomic E-state index is 13.9. The monoisotopic (exact) mass is 600 g/mol. The highest BCUT2D eigenvalue weighted by molar-refractivity contribution is 6.30. The minimum Gasteiger partial charge on any atom is -0.351 e. The standard InChI is InChI=1S/C31H32ClF3N4O3/c32-23-17-15-21(16-18-23)29(30(42)37-24-9-2-1-3-10-24)39(25-11-6-8-22(20-25)31(33,34)35)28(41)14-7-13-27(40)38-26-12-4-5-19-36-26/h4-6,8,11-12,15-20,24,29H,1-3,7,9-10,13-14H2,(H,37,42)(H,36,38,40). The molecule has 3 aromatic rings. The topological polar surface area (TPSA) is 91.4 Å². The first-order valence-corrected chi connectivity index (χ1v) is 14.3.